The second kappa shape index (κ2) is 6.21. The minimum atomic E-state index is -3.84. The highest BCUT2D eigenvalue weighted by molar-refractivity contribution is 9.10. The molecule has 1 aromatic carbocycles. The summed E-state index contributed by atoms with van der Waals surface area (Å²) in [6.45, 7) is 1.80. The first-order chi connectivity index (χ1) is 9.83. The standard InChI is InChI=1S/C13H12BrClN2O3S/c1-8-3-4-11(20-2)12(5-8)21(18,19)17-10-6-9(14)7-16-13(10)15/h3-7,17H,1-2H3. The van der Waals surface area contributed by atoms with E-state index in [1.807, 2.05) is 0 Å². The van der Waals surface area contributed by atoms with Gasteiger partial charge in [0, 0.05) is 10.7 Å². The Labute approximate surface area is 136 Å². The molecular weight excluding hydrogens is 380 g/mol. The Bertz CT molecular complexity index is 781. The van der Waals surface area contributed by atoms with Gasteiger partial charge in [-0.05, 0) is 46.6 Å². The highest BCUT2D eigenvalue weighted by Crippen LogP contribution is 2.29. The van der Waals surface area contributed by atoms with Crippen LogP contribution in [-0.4, -0.2) is 20.5 Å². The molecule has 0 aliphatic heterocycles. The lowest BCUT2D eigenvalue weighted by atomic mass is 10.2. The summed E-state index contributed by atoms with van der Waals surface area (Å²) in [6, 6.07) is 6.44. The van der Waals surface area contributed by atoms with E-state index in [0.29, 0.717) is 4.47 Å². The number of sulfonamides is 1. The highest BCUT2D eigenvalue weighted by atomic mass is 79.9. The Morgan fingerprint density at radius 3 is 2.71 bits per heavy atom. The van der Waals surface area contributed by atoms with E-state index in [0.717, 1.165) is 5.56 Å². The van der Waals surface area contributed by atoms with Crippen LogP contribution in [0.25, 0.3) is 0 Å². The third-order valence-electron chi connectivity index (χ3n) is 2.66. The Kier molecular flexibility index (Phi) is 4.75. The van der Waals surface area contributed by atoms with Gasteiger partial charge in [-0.1, -0.05) is 17.7 Å². The second-order valence-electron chi connectivity index (χ2n) is 4.25. The van der Waals surface area contributed by atoms with Crippen molar-refractivity contribution >= 4 is 43.2 Å². The van der Waals surface area contributed by atoms with Crippen LogP contribution in [0.15, 0.2) is 39.8 Å². The molecule has 2 rings (SSSR count). The number of benzene rings is 1. The van der Waals surface area contributed by atoms with Crippen LogP contribution < -0.4 is 9.46 Å². The zero-order chi connectivity index (χ0) is 15.6. The molecule has 0 unspecified atom stereocenters. The van der Waals surface area contributed by atoms with Crippen LogP contribution in [0.1, 0.15) is 5.56 Å². The van der Waals surface area contributed by atoms with Gasteiger partial charge in [0.1, 0.15) is 10.6 Å². The molecule has 0 saturated heterocycles. The fourth-order valence-electron chi connectivity index (χ4n) is 1.69. The van der Waals surface area contributed by atoms with E-state index in [-0.39, 0.29) is 21.5 Å². The number of nitrogens with one attached hydrogen (secondary N) is 1. The molecule has 0 bridgehead atoms. The smallest absolute Gasteiger partial charge is 0.265 e. The molecule has 1 heterocycles. The van der Waals surface area contributed by atoms with E-state index in [2.05, 4.69) is 25.6 Å². The van der Waals surface area contributed by atoms with Gasteiger partial charge in [0.05, 0.1) is 12.8 Å². The average Bonchev–Trinajstić information content (AvgIpc) is 2.42. The third-order valence-corrected chi connectivity index (χ3v) is 4.78. The van der Waals surface area contributed by atoms with Gasteiger partial charge in [-0.2, -0.15) is 0 Å². The molecule has 1 N–H and O–H groups in total. The van der Waals surface area contributed by atoms with E-state index >= 15 is 0 Å². The number of aryl methyl sites for hydroxylation is 1. The van der Waals surface area contributed by atoms with Crippen LogP contribution in [0.2, 0.25) is 5.15 Å². The van der Waals surface area contributed by atoms with Crippen molar-refractivity contribution in [2.75, 3.05) is 11.8 Å². The fraction of sp³-hybridized carbons (Fsp3) is 0.154. The number of halogens is 2. The number of nitrogens with zero attached hydrogens (tertiary/aromatic N) is 1. The molecule has 0 fully saturated rings. The minimum Gasteiger partial charge on any atom is -0.495 e. The SMILES string of the molecule is COc1ccc(C)cc1S(=O)(=O)Nc1cc(Br)cnc1Cl. The molecule has 8 heteroatoms. The maximum Gasteiger partial charge on any atom is 0.265 e. The van der Waals surface area contributed by atoms with Gasteiger partial charge in [0.25, 0.3) is 10.0 Å². The number of hydrogen-bond donors (Lipinski definition) is 1. The quantitative estimate of drug-likeness (QED) is 0.808. The molecule has 0 amide bonds. The Morgan fingerprint density at radius 2 is 2.05 bits per heavy atom. The molecule has 1 aromatic heterocycles. The molecule has 0 spiro atoms. The monoisotopic (exact) mass is 390 g/mol. The van der Waals surface area contributed by atoms with Gasteiger partial charge in [-0.15, -0.1) is 0 Å². The molecule has 2 aromatic rings. The van der Waals surface area contributed by atoms with Crippen molar-refractivity contribution in [3.05, 3.63) is 45.7 Å². The summed E-state index contributed by atoms with van der Waals surface area (Å²) in [5.74, 6) is 0.257. The average molecular weight is 392 g/mol. The van der Waals surface area contributed by atoms with E-state index in [4.69, 9.17) is 16.3 Å². The van der Waals surface area contributed by atoms with Crippen LogP contribution in [0.3, 0.4) is 0 Å². The van der Waals surface area contributed by atoms with E-state index in [1.54, 1.807) is 19.1 Å². The molecule has 21 heavy (non-hydrogen) atoms. The van der Waals surface area contributed by atoms with Gasteiger partial charge in [0.2, 0.25) is 0 Å². The zero-order valence-electron chi connectivity index (χ0n) is 11.2. The normalized spacial score (nSPS) is 11.2. The van der Waals surface area contributed by atoms with Crippen molar-refractivity contribution in [2.24, 2.45) is 0 Å². The van der Waals surface area contributed by atoms with Crippen LogP contribution in [-0.2, 0) is 10.0 Å². The lowest BCUT2D eigenvalue weighted by Gasteiger charge is -2.13. The Hall–Kier alpha value is -1.31. The lowest BCUT2D eigenvalue weighted by Crippen LogP contribution is -2.15. The summed E-state index contributed by atoms with van der Waals surface area (Å²) in [5, 5.41) is 0.0633. The summed E-state index contributed by atoms with van der Waals surface area (Å²) in [5.41, 5.74) is 0.990. The van der Waals surface area contributed by atoms with Crippen LogP contribution in [0.5, 0.6) is 5.75 Å². The minimum absolute atomic E-state index is 0.0426. The summed E-state index contributed by atoms with van der Waals surface area (Å²) in [7, 11) is -2.42. The van der Waals surface area contributed by atoms with Crippen molar-refractivity contribution in [1.29, 1.82) is 0 Å². The van der Waals surface area contributed by atoms with Crippen molar-refractivity contribution in [2.45, 2.75) is 11.8 Å². The first-order valence-corrected chi connectivity index (χ1v) is 8.47. The molecule has 5 nitrogen and oxygen atoms in total. The van der Waals surface area contributed by atoms with Crippen molar-refractivity contribution in [1.82, 2.24) is 4.98 Å². The number of aromatic nitrogens is 1. The largest absolute Gasteiger partial charge is 0.495 e. The zero-order valence-corrected chi connectivity index (χ0v) is 14.4. The van der Waals surface area contributed by atoms with Gasteiger partial charge >= 0.3 is 0 Å². The lowest BCUT2D eigenvalue weighted by molar-refractivity contribution is 0.402. The number of anilines is 1. The maximum atomic E-state index is 12.5. The number of ether oxygens (including phenoxy) is 1. The van der Waals surface area contributed by atoms with E-state index in [1.165, 1.54) is 25.4 Å². The predicted molar refractivity (Wildman–Crippen MR) is 85.5 cm³/mol. The molecule has 112 valence electrons. The van der Waals surface area contributed by atoms with Crippen molar-refractivity contribution in [3.63, 3.8) is 0 Å². The Balaban J connectivity index is 2.48. The molecule has 0 atom stereocenters. The molecule has 0 aliphatic carbocycles. The Morgan fingerprint density at radius 1 is 1.33 bits per heavy atom. The maximum absolute atomic E-state index is 12.5. The highest BCUT2D eigenvalue weighted by Gasteiger charge is 2.21. The topological polar surface area (TPSA) is 68.3 Å². The summed E-state index contributed by atoms with van der Waals surface area (Å²) >= 11 is 9.12. The van der Waals surface area contributed by atoms with Gasteiger partial charge in [-0.3, -0.25) is 4.72 Å². The molecule has 0 aliphatic rings. The van der Waals surface area contributed by atoms with Gasteiger partial charge < -0.3 is 4.74 Å². The van der Waals surface area contributed by atoms with E-state index < -0.39 is 10.0 Å². The van der Waals surface area contributed by atoms with Crippen LogP contribution >= 0.6 is 27.5 Å². The number of rotatable bonds is 4. The first kappa shape index (κ1) is 16.1. The number of methoxy groups -OCH3 is 1. The summed E-state index contributed by atoms with van der Waals surface area (Å²) in [4.78, 5) is 3.92. The molecular formula is C13H12BrClN2O3S. The number of hydrogen-bond acceptors (Lipinski definition) is 4. The van der Waals surface area contributed by atoms with Gasteiger partial charge in [0.15, 0.2) is 5.15 Å². The predicted octanol–water partition coefficient (Wildman–Crippen LogP) is 3.62. The fourth-order valence-corrected chi connectivity index (χ4v) is 3.54. The molecule has 0 saturated carbocycles. The van der Waals surface area contributed by atoms with Crippen molar-refractivity contribution < 1.29 is 13.2 Å². The number of pyridine rings is 1. The van der Waals surface area contributed by atoms with Gasteiger partial charge in [-0.25, -0.2) is 13.4 Å². The third kappa shape index (κ3) is 3.66. The summed E-state index contributed by atoms with van der Waals surface area (Å²) in [6.07, 6.45) is 1.48. The van der Waals surface area contributed by atoms with Crippen molar-refractivity contribution in [3.8, 4) is 5.75 Å². The first-order valence-electron chi connectivity index (χ1n) is 5.82. The summed E-state index contributed by atoms with van der Waals surface area (Å²) < 4.78 is 33.1. The van der Waals surface area contributed by atoms with E-state index in [9.17, 15) is 8.42 Å². The van der Waals surface area contributed by atoms with Crippen LogP contribution in [0.4, 0.5) is 5.69 Å². The van der Waals surface area contributed by atoms with Crippen LogP contribution in [0, 0.1) is 6.92 Å². The second-order valence-corrected chi connectivity index (χ2v) is 7.18. The molecule has 0 radical (unpaired) electrons.